The van der Waals surface area contributed by atoms with Crippen LogP contribution in [-0.2, 0) is 44.2 Å². The van der Waals surface area contributed by atoms with Crippen LogP contribution in [0.5, 0.6) is 0 Å². The average Bonchev–Trinajstić information content (AvgIpc) is 3.74. The van der Waals surface area contributed by atoms with Crippen molar-refractivity contribution in [3.63, 3.8) is 0 Å². The number of sulfonamides is 1. The minimum absolute atomic E-state index is 0.00714. The summed E-state index contributed by atoms with van der Waals surface area (Å²) < 4.78 is 105. The summed E-state index contributed by atoms with van der Waals surface area (Å²) in [5.74, 6) is 0.392. The van der Waals surface area contributed by atoms with E-state index in [9.17, 15) is 30.0 Å². The second-order valence-electron chi connectivity index (χ2n) is 16.1. The van der Waals surface area contributed by atoms with Crippen molar-refractivity contribution in [3.8, 4) is 11.1 Å². The number of alkyl halides is 3. The molecule has 1 atom stereocenters. The fraction of sp³-hybridized carbons (Fsp3) is 0.378. The van der Waals surface area contributed by atoms with Gasteiger partial charge in [-0.15, -0.1) is 11.8 Å². The van der Waals surface area contributed by atoms with Gasteiger partial charge in [0.05, 0.1) is 29.5 Å². The number of hydrogen-bond donors (Lipinski definition) is 2. The summed E-state index contributed by atoms with van der Waals surface area (Å²) in [5.41, 5.74) is -1.35. The Hall–Kier alpha value is -4.27. The normalized spacial score (nSPS) is 17.6. The van der Waals surface area contributed by atoms with Crippen LogP contribution in [0.1, 0.15) is 36.1 Å². The highest BCUT2D eigenvalue weighted by atomic mass is 35.5. The smallest absolute Gasteiger partial charge is 0.380 e. The molecule has 0 saturated carbocycles. The Kier molecular flexibility index (Phi) is 14.5. The number of hydrogen-bond acceptors (Lipinski definition) is 12. The van der Waals surface area contributed by atoms with Gasteiger partial charge in [-0.25, -0.2) is 26.8 Å². The van der Waals surface area contributed by atoms with Gasteiger partial charge in [0.25, 0.3) is 19.9 Å². The zero-order valence-corrected chi connectivity index (χ0v) is 38.1. The summed E-state index contributed by atoms with van der Waals surface area (Å²) in [6.45, 7) is 6.44. The number of nitrogens with zero attached hydrogens (tertiary/aromatic N) is 5. The number of nitrogens with one attached hydrogen (secondary N) is 2. The predicted octanol–water partition coefficient (Wildman–Crippen LogP) is 8.17. The SMILES string of the molecule is O=S(=O)(Nc1ncnc2c1CN(C1CCN(Cc3ccccc3-c3ccc(Cl)cc3)CC1)C2)c1ccc(N[C@H](CCN2CCOCC2)CSc2ccccc2)c(S(=O)(=O)C(F)(F)F)c1. The van der Waals surface area contributed by atoms with Crippen LogP contribution >= 0.6 is 23.4 Å². The molecule has 0 amide bonds. The van der Waals surface area contributed by atoms with E-state index in [-0.39, 0.29) is 17.5 Å². The molecule has 2 N–H and O–H groups in total. The van der Waals surface area contributed by atoms with Crippen LogP contribution in [-0.4, -0.2) is 111 Å². The third-order valence-electron chi connectivity index (χ3n) is 11.9. The zero-order chi connectivity index (χ0) is 44.9. The van der Waals surface area contributed by atoms with Gasteiger partial charge in [-0.3, -0.25) is 19.4 Å². The molecule has 2 saturated heterocycles. The summed E-state index contributed by atoms with van der Waals surface area (Å²) in [6, 6.07) is 28.1. The number of halogens is 4. The van der Waals surface area contributed by atoms with Crippen LogP contribution in [0.3, 0.4) is 0 Å². The van der Waals surface area contributed by atoms with Gasteiger partial charge < -0.3 is 10.1 Å². The highest BCUT2D eigenvalue weighted by molar-refractivity contribution is 7.99. The van der Waals surface area contributed by atoms with E-state index in [0.29, 0.717) is 80.5 Å². The quantitative estimate of drug-likeness (QED) is 0.0924. The summed E-state index contributed by atoms with van der Waals surface area (Å²) >= 11 is 7.62. The van der Waals surface area contributed by atoms with E-state index < -0.39 is 41.2 Å². The molecule has 64 heavy (non-hydrogen) atoms. The molecule has 0 radical (unpaired) electrons. The molecule has 12 nitrogen and oxygen atoms in total. The minimum Gasteiger partial charge on any atom is -0.380 e. The lowest BCUT2D eigenvalue weighted by Crippen LogP contribution is -2.42. The Bertz CT molecular complexity index is 2620. The van der Waals surface area contributed by atoms with Crippen molar-refractivity contribution in [2.45, 2.75) is 71.2 Å². The van der Waals surface area contributed by atoms with Crippen molar-refractivity contribution in [1.82, 2.24) is 24.7 Å². The standard InChI is InChI=1S/C45H49ClF3N7O5S3/c46-34-12-10-32(11-13-34)39-9-5-4-6-33(39)27-55-20-17-36(18-21-55)56-28-40-42(29-56)50-31-51-44(40)53-64(59,60)38-14-15-41(43(26-38)63(57,58)45(47,48)49)52-35(16-19-54-22-24-61-25-23-54)30-62-37-7-2-1-3-8-37/h1-15,26,31,35-36,52H,16-25,27-30H2,(H,50,51,53)/t35-/m1/s1. The maximum atomic E-state index is 14.3. The molecule has 3 aliphatic heterocycles. The number of morpholine rings is 1. The van der Waals surface area contributed by atoms with Gasteiger partial charge >= 0.3 is 5.51 Å². The molecule has 4 aromatic carbocycles. The molecule has 0 unspecified atom stereocenters. The number of aromatic nitrogens is 2. The second-order valence-corrected chi connectivity index (χ2v) is 21.3. The molecule has 19 heteroatoms. The lowest BCUT2D eigenvalue weighted by atomic mass is 9.98. The third kappa shape index (κ3) is 11.0. The highest BCUT2D eigenvalue weighted by Crippen LogP contribution is 2.38. The van der Waals surface area contributed by atoms with Gasteiger partial charge in [0.1, 0.15) is 17.0 Å². The van der Waals surface area contributed by atoms with Crippen molar-refractivity contribution in [3.05, 3.63) is 125 Å². The van der Waals surface area contributed by atoms with Gasteiger partial charge in [-0.2, -0.15) is 13.2 Å². The van der Waals surface area contributed by atoms with Crippen LogP contribution in [0, 0.1) is 0 Å². The molecule has 8 rings (SSSR count). The largest absolute Gasteiger partial charge is 0.501 e. The first kappa shape index (κ1) is 46.3. The number of piperidine rings is 1. The molecule has 0 spiro atoms. The maximum absolute atomic E-state index is 14.3. The van der Waals surface area contributed by atoms with E-state index in [4.69, 9.17) is 16.3 Å². The summed E-state index contributed by atoms with van der Waals surface area (Å²) in [5, 5.41) is 3.74. The Balaban J connectivity index is 0.961. The number of thioether (sulfide) groups is 1. The highest BCUT2D eigenvalue weighted by Gasteiger charge is 2.48. The van der Waals surface area contributed by atoms with E-state index in [2.05, 4.69) is 46.8 Å². The average molecular weight is 957 g/mol. The fourth-order valence-electron chi connectivity index (χ4n) is 8.42. The predicted molar refractivity (Wildman–Crippen MR) is 243 cm³/mol. The molecule has 0 aliphatic carbocycles. The van der Waals surface area contributed by atoms with Crippen molar-refractivity contribution < 1.29 is 34.7 Å². The monoisotopic (exact) mass is 955 g/mol. The van der Waals surface area contributed by atoms with E-state index in [0.717, 1.165) is 60.6 Å². The molecular formula is C45H49ClF3N7O5S3. The molecule has 3 aliphatic rings. The molecule has 340 valence electrons. The van der Waals surface area contributed by atoms with Crippen molar-refractivity contribution in [2.24, 2.45) is 0 Å². The number of fused-ring (bicyclic) bond motifs is 1. The van der Waals surface area contributed by atoms with E-state index in [1.807, 2.05) is 66.7 Å². The van der Waals surface area contributed by atoms with Gasteiger partial charge in [0.2, 0.25) is 0 Å². The van der Waals surface area contributed by atoms with E-state index in [1.54, 1.807) is 0 Å². The maximum Gasteiger partial charge on any atom is 0.501 e. The Morgan fingerprint density at radius 2 is 1.56 bits per heavy atom. The van der Waals surface area contributed by atoms with Gasteiger partial charge in [0, 0.05) is 72.6 Å². The minimum atomic E-state index is -6.01. The van der Waals surface area contributed by atoms with Crippen molar-refractivity contribution >= 4 is 54.7 Å². The summed E-state index contributed by atoms with van der Waals surface area (Å²) in [4.78, 5) is 14.6. The Morgan fingerprint density at radius 3 is 2.30 bits per heavy atom. The van der Waals surface area contributed by atoms with E-state index in [1.165, 1.54) is 23.7 Å². The van der Waals surface area contributed by atoms with Gasteiger partial charge in [-0.1, -0.05) is 66.2 Å². The van der Waals surface area contributed by atoms with Crippen molar-refractivity contribution in [2.75, 3.05) is 61.7 Å². The number of benzene rings is 4. The number of rotatable bonds is 16. The first-order valence-corrected chi connectivity index (χ1v) is 25.4. The first-order valence-electron chi connectivity index (χ1n) is 21.1. The van der Waals surface area contributed by atoms with Crippen LogP contribution in [0.2, 0.25) is 5.02 Å². The molecule has 0 bridgehead atoms. The van der Waals surface area contributed by atoms with Crippen LogP contribution in [0.4, 0.5) is 24.7 Å². The molecule has 5 aromatic rings. The van der Waals surface area contributed by atoms with Crippen LogP contribution in [0.25, 0.3) is 11.1 Å². The zero-order valence-electron chi connectivity index (χ0n) is 34.9. The summed E-state index contributed by atoms with van der Waals surface area (Å²) in [6.07, 6.45) is 3.47. The molecular weight excluding hydrogens is 907 g/mol. The third-order valence-corrected chi connectivity index (χ3v) is 16.2. The topological polar surface area (TPSA) is 137 Å². The number of ether oxygens (including phenoxy) is 1. The van der Waals surface area contributed by atoms with Crippen molar-refractivity contribution in [1.29, 1.82) is 0 Å². The molecule has 2 fully saturated rings. The lowest BCUT2D eigenvalue weighted by Gasteiger charge is -2.36. The lowest BCUT2D eigenvalue weighted by molar-refractivity contribution is -0.0435. The number of likely N-dealkylation sites (tertiary alicyclic amines) is 1. The number of anilines is 2. The van der Waals surface area contributed by atoms with Gasteiger partial charge in [-0.05, 0) is 91.5 Å². The number of sulfone groups is 1. The molecule has 1 aromatic heterocycles. The first-order chi connectivity index (χ1) is 30.7. The Labute approximate surface area is 381 Å². The van der Waals surface area contributed by atoms with Crippen LogP contribution in [0.15, 0.2) is 118 Å². The van der Waals surface area contributed by atoms with Gasteiger partial charge in [0.15, 0.2) is 0 Å². The summed E-state index contributed by atoms with van der Waals surface area (Å²) in [7, 11) is -10.6. The van der Waals surface area contributed by atoms with Crippen LogP contribution < -0.4 is 10.0 Å². The fourth-order valence-corrected chi connectivity index (χ4v) is 11.6. The molecule has 4 heterocycles. The second kappa shape index (κ2) is 20.1. The Morgan fingerprint density at radius 1 is 0.844 bits per heavy atom. The van der Waals surface area contributed by atoms with E-state index >= 15 is 0 Å².